The van der Waals surface area contributed by atoms with Crippen molar-refractivity contribution in [2.75, 3.05) is 12.0 Å². The number of hydrogen-bond acceptors (Lipinski definition) is 6. The number of thioether (sulfide) groups is 2. The second kappa shape index (κ2) is 5.57. The summed E-state index contributed by atoms with van der Waals surface area (Å²) in [7, 11) is 0. The van der Waals surface area contributed by atoms with Gasteiger partial charge in [-0.2, -0.15) is 0 Å². The van der Waals surface area contributed by atoms with Crippen LogP contribution in [0.3, 0.4) is 0 Å². The van der Waals surface area contributed by atoms with Gasteiger partial charge in [-0.1, -0.05) is 41.8 Å². The normalized spacial score (nSPS) is 12.7. The molecule has 0 radical (unpaired) electrons. The first-order chi connectivity index (χ1) is 6.63. The molecule has 0 fully saturated rings. The molecular weight excluding hydrogens is 240 g/mol. The van der Waals surface area contributed by atoms with E-state index >= 15 is 0 Å². The van der Waals surface area contributed by atoms with Gasteiger partial charge < -0.3 is 5.11 Å². The predicted molar refractivity (Wildman–Crippen MR) is 59.2 cm³/mol. The lowest BCUT2D eigenvalue weighted by Crippen LogP contribution is -2.11. The zero-order chi connectivity index (χ0) is 10.6. The summed E-state index contributed by atoms with van der Waals surface area (Å²) in [5, 5.41) is 16.5. The number of rotatable bonds is 5. The molecule has 78 valence electrons. The van der Waals surface area contributed by atoms with Crippen molar-refractivity contribution in [1.29, 1.82) is 0 Å². The smallest absolute Gasteiger partial charge is 0.307 e. The Hall–Kier alpha value is -0.270. The van der Waals surface area contributed by atoms with Gasteiger partial charge in [-0.25, -0.2) is 0 Å². The first kappa shape index (κ1) is 11.8. The minimum Gasteiger partial charge on any atom is -0.481 e. The van der Waals surface area contributed by atoms with Crippen LogP contribution in [0.1, 0.15) is 6.92 Å². The Kier molecular flexibility index (Phi) is 4.70. The van der Waals surface area contributed by atoms with Gasteiger partial charge in [0.15, 0.2) is 8.68 Å². The molecule has 0 amide bonds. The maximum Gasteiger partial charge on any atom is 0.307 e. The van der Waals surface area contributed by atoms with Gasteiger partial charge in [-0.15, -0.1) is 10.2 Å². The summed E-state index contributed by atoms with van der Waals surface area (Å²) in [6, 6.07) is 0. The standard InChI is InChI=1S/C7H10N2O2S3/c1-4(5(10)11)3-13-7-9-8-6(12-2)14-7/h4H,3H2,1-2H3,(H,10,11). The molecule has 0 aromatic carbocycles. The maximum absolute atomic E-state index is 10.5. The van der Waals surface area contributed by atoms with Crippen LogP contribution in [0.2, 0.25) is 0 Å². The average Bonchev–Trinajstić information content (AvgIpc) is 2.61. The molecule has 0 spiro atoms. The number of carboxylic acids is 1. The number of aromatic nitrogens is 2. The SMILES string of the molecule is CSc1nnc(SCC(C)C(=O)O)s1. The van der Waals surface area contributed by atoms with Crippen molar-refractivity contribution >= 4 is 40.8 Å². The molecule has 1 atom stereocenters. The zero-order valence-electron chi connectivity index (χ0n) is 7.76. The minimum absolute atomic E-state index is 0.346. The molecule has 7 heteroatoms. The van der Waals surface area contributed by atoms with Crippen molar-refractivity contribution in [3.63, 3.8) is 0 Å². The van der Waals surface area contributed by atoms with Crippen LogP contribution in [0.4, 0.5) is 0 Å². The summed E-state index contributed by atoms with van der Waals surface area (Å²) < 4.78 is 1.75. The molecule has 0 bridgehead atoms. The van der Waals surface area contributed by atoms with Crippen LogP contribution in [0.5, 0.6) is 0 Å². The highest BCUT2D eigenvalue weighted by atomic mass is 32.2. The summed E-state index contributed by atoms with van der Waals surface area (Å²) in [5.74, 6) is -0.577. The van der Waals surface area contributed by atoms with Gasteiger partial charge in [-0.05, 0) is 6.26 Å². The quantitative estimate of drug-likeness (QED) is 0.807. The van der Waals surface area contributed by atoms with E-state index < -0.39 is 5.97 Å². The third-order valence-electron chi connectivity index (χ3n) is 1.44. The van der Waals surface area contributed by atoms with Crippen molar-refractivity contribution in [2.24, 2.45) is 5.92 Å². The summed E-state index contributed by atoms with van der Waals surface area (Å²) in [6.45, 7) is 1.69. The van der Waals surface area contributed by atoms with Crippen molar-refractivity contribution < 1.29 is 9.90 Å². The van der Waals surface area contributed by atoms with Crippen LogP contribution in [0.15, 0.2) is 8.68 Å². The zero-order valence-corrected chi connectivity index (χ0v) is 10.2. The third kappa shape index (κ3) is 3.47. The highest BCUT2D eigenvalue weighted by Gasteiger charge is 2.12. The highest BCUT2D eigenvalue weighted by molar-refractivity contribution is 8.02. The average molecular weight is 250 g/mol. The number of aliphatic carboxylic acids is 1. The number of carboxylic acid groups (broad SMARTS) is 1. The fraction of sp³-hybridized carbons (Fsp3) is 0.571. The summed E-state index contributed by atoms with van der Waals surface area (Å²) >= 11 is 4.49. The van der Waals surface area contributed by atoms with E-state index in [1.165, 1.54) is 23.1 Å². The molecule has 0 aliphatic rings. The predicted octanol–water partition coefficient (Wildman–Crippen LogP) is 2.07. The number of nitrogens with zero attached hydrogens (tertiary/aromatic N) is 2. The van der Waals surface area contributed by atoms with Crippen LogP contribution in [-0.4, -0.2) is 33.3 Å². The van der Waals surface area contributed by atoms with E-state index in [-0.39, 0.29) is 5.92 Å². The fourth-order valence-corrected chi connectivity index (χ4v) is 3.08. The molecule has 1 rings (SSSR count). The van der Waals surface area contributed by atoms with Crippen LogP contribution >= 0.6 is 34.9 Å². The second-order valence-corrected chi connectivity index (χ2v) is 5.89. The fourth-order valence-electron chi connectivity index (χ4n) is 0.606. The van der Waals surface area contributed by atoms with Gasteiger partial charge >= 0.3 is 5.97 Å². The molecule has 4 nitrogen and oxygen atoms in total. The maximum atomic E-state index is 10.5. The van der Waals surface area contributed by atoms with Gasteiger partial charge in [0, 0.05) is 5.75 Å². The molecule has 1 N–H and O–H groups in total. The van der Waals surface area contributed by atoms with Crippen LogP contribution in [0.25, 0.3) is 0 Å². The lowest BCUT2D eigenvalue weighted by Gasteiger charge is -2.01. The van der Waals surface area contributed by atoms with Gasteiger partial charge in [0.1, 0.15) is 0 Å². The Morgan fingerprint density at radius 3 is 2.71 bits per heavy atom. The largest absolute Gasteiger partial charge is 0.481 e. The lowest BCUT2D eigenvalue weighted by atomic mass is 10.2. The van der Waals surface area contributed by atoms with Gasteiger partial charge in [-0.3, -0.25) is 4.79 Å². The Bertz CT molecular complexity index is 316. The first-order valence-electron chi connectivity index (χ1n) is 3.86. The van der Waals surface area contributed by atoms with Crippen molar-refractivity contribution in [3.05, 3.63) is 0 Å². The first-order valence-corrected chi connectivity index (χ1v) is 6.89. The molecule has 1 aromatic rings. The summed E-state index contributed by atoms with van der Waals surface area (Å²) in [6.07, 6.45) is 1.94. The molecular formula is C7H10N2O2S3. The van der Waals surface area contributed by atoms with Gasteiger partial charge in [0.25, 0.3) is 0 Å². The number of hydrogen-bond donors (Lipinski definition) is 1. The topological polar surface area (TPSA) is 63.1 Å². The Morgan fingerprint density at radius 1 is 1.57 bits per heavy atom. The summed E-state index contributed by atoms with van der Waals surface area (Å²) in [5.41, 5.74) is 0. The lowest BCUT2D eigenvalue weighted by molar-refractivity contribution is -0.140. The highest BCUT2D eigenvalue weighted by Crippen LogP contribution is 2.28. The van der Waals surface area contributed by atoms with Gasteiger partial charge in [0.2, 0.25) is 0 Å². The Morgan fingerprint density at radius 2 is 2.21 bits per heavy atom. The molecule has 1 unspecified atom stereocenters. The van der Waals surface area contributed by atoms with Crippen molar-refractivity contribution in [1.82, 2.24) is 10.2 Å². The third-order valence-corrected chi connectivity index (χ3v) is 4.73. The second-order valence-electron chi connectivity index (χ2n) is 2.59. The molecule has 1 heterocycles. The van der Waals surface area contributed by atoms with E-state index in [0.29, 0.717) is 5.75 Å². The van der Waals surface area contributed by atoms with E-state index in [1.807, 2.05) is 6.26 Å². The Balaban J connectivity index is 2.41. The minimum atomic E-state index is -0.771. The molecule has 0 aliphatic carbocycles. The molecule has 1 aromatic heterocycles. The molecule has 0 aliphatic heterocycles. The van der Waals surface area contributed by atoms with Gasteiger partial charge in [0.05, 0.1) is 5.92 Å². The van der Waals surface area contributed by atoms with E-state index in [4.69, 9.17) is 5.11 Å². The molecule has 0 saturated heterocycles. The van der Waals surface area contributed by atoms with Crippen molar-refractivity contribution in [3.8, 4) is 0 Å². The monoisotopic (exact) mass is 250 g/mol. The molecule has 14 heavy (non-hydrogen) atoms. The Labute approximate surface area is 94.5 Å². The summed E-state index contributed by atoms with van der Waals surface area (Å²) in [4.78, 5) is 10.5. The van der Waals surface area contributed by atoms with Crippen LogP contribution < -0.4 is 0 Å². The van der Waals surface area contributed by atoms with Crippen LogP contribution in [0, 0.1) is 5.92 Å². The van der Waals surface area contributed by atoms with E-state index in [2.05, 4.69) is 10.2 Å². The van der Waals surface area contributed by atoms with Crippen LogP contribution in [-0.2, 0) is 4.79 Å². The van der Waals surface area contributed by atoms with E-state index in [1.54, 1.807) is 18.7 Å². The van der Waals surface area contributed by atoms with E-state index in [0.717, 1.165) is 8.68 Å². The number of carbonyl (C=O) groups is 1. The molecule has 0 saturated carbocycles. The van der Waals surface area contributed by atoms with E-state index in [9.17, 15) is 4.79 Å². The van der Waals surface area contributed by atoms with Crippen molar-refractivity contribution in [2.45, 2.75) is 15.6 Å².